The van der Waals surface area contributed by atoms with Crippen molar-refractivity contribution in [2.75, 3.05) is 4.90 Å². The van der Waals surface area contributed by atoms with Crippen LogP contribution in [0.2, 0.25) is 0 Å². The monoisotopic (exact) mass is 767 g/mol. The average molecular weight is 768 g/mol. The van der Waals surface area contributed by atoms with Crippen LogP contribution >= 0.6 is 0 Å². The number of rotatable bonds is 11. The van der Waals surface area contributed by atoms with Crippen molar-refractivity contribution in [1.82, 2.24) is 0 Å². The Hall–Kier alpha value is -7.74. The van der Waals surface area contributed by atoms with Gasteiger partial charge in [-0.15, -0.1) is 0 Å². The Bertz CT molecular complexity index is 2900. The van der Waals surface area contributed by atoms with E-state index >= 15 is 0 Å². The zero-order valence-electron chi connectivity index (χ0n) is 33.7. The Kier molecular flexibility index (Phi) is 11.0. The lowest BCUT2D eigenvalue weighted by Crippen LogP contribution is -2.12. The highest BCUT2D eigenvalue weighted by molar-refractivity contribution is 6.04. The third-order valence-corrected chi connectivity index (χ3v) is 11.1. The Morgan fingerprint density at radius 1 is 0.433 bits per heavy atom. The third kappa shape index (κ3) is 7.77. The van der Waals surface area contributed by atoms with Gasteiger partial charge in [0.1, 0.15) is 0 Å². The van der Waals surface area contributed by atoms with Crippen molar-refractivity contribution in [2.45, 2.75) is 6.92 Å². The summed E-state index contributed by atoms with van der Waals surface area (Å²) in [6.45, 7) is 6.11. The number of hydrogen-bond donors (Lipinski definition) is 0. The molecule has 1 nitrogen and oxygen atoms in total. The molecule has 0 aliphatic heterocycles. The van der Waals surface area contributed by atoms with Gasteiger partial charge in [-0.3, -0.25) is 0 Å². The highest BCUT2D eigenvalue weighted by atomic mass is 15.1. The summed E-state index contributed by atoms with van der Waals surface area (Å²) in [7, 11) is 0. The molecule has 0 aliphatic rings. The van der Waals surface area contributed by atoms with Gasteiger partial charge in [-0.25, -0.2) is 0 Å². The van der Waals surface area contributed by atoms with Crippen molar-refractivity contribution in [2.24, 2.45) is 0 Å². The molecule has 0 fully saturated rings. The predicted octanol–water partition coefficient (Wildman–Crippen LogP) is 16.8. The van der Waals surface area contributed by atoms with E-state index in [9.17, 15) is 0 Å². The minimum atomic E-state index is 1.07. The lowest BCUT2D eigenvalue weighted by molar-refractivity contribution is 1.27. The van der Waals surface area contributed by atoms with Gasteiger partial charge < -0.3 is 4.90 Å². The first-order valence-corrected chi connectivity index (χ1v) is 20.6. The van der Waals surface area contributed by atoms with Gasteiger partial charge in [0.2, 0.25) is 0 Å². The van der Waals surface area contributed by atoms with Gasteiger partial charge in [0.15, 0.2) is 0 Å². The van der Waals surface area contributed by atoms with E-state index < -0.39 is 0 Å². The van der Waals surface area contributed by atoms with Crippen LogP contribution in [0.5, 0.6) is 0 Å². The van der Waals surface area contributed by atoms with Crippen molar-refractivity contribution in [3.63, 3.8) is 0 Å². The number of fused-ring (bicyclic) bond motifs is 1. The van der Waals surface area contributed by atoms with Crippen LogP contribution in [0, 0.1) is 0 Å². The second-order valence-electron chi connectivity index (χ2n) is 14.9. The van der Waals surface area contributed by atoms with Crippen LogP contribution in [0.15, 0.2) is 249 Å². The molecule has 0 amide bonds. The molecule has 0 heterocycles. The molecular weight excluding hydrogens is 723 g/mol. The molecule has 0 aromatic heterocycles. The van der Waals surface area contributed by atoms with E-state index in [2.05, 4.69) is 255 Å². The van der Waals surface area contributed by atoms with Crippen LogP contribution in [0.4, 0.5) is 17.1 Å². The maximum atomic E-state index is 4.05. The Balaban J connectivity index is 1.17. The predicted molar refractivity (Wildman–Crippen MR) is 259 cm³/mol. The van der Waals surface area contributed by atoms with Gasteiger partial charge in [-0.2, -0.15) is 0 Å². The van der Waals surface area contributed by atoms with Gasteiger partial charge in [-0.1, -0.05) is 201 Å². The molecule has 1 heteroatoms. The molecule has 0 radical (unpaired) electrons. The first-order valence-electron chi connectivity index (χ1n) is 20.6. The fourth-order valence-corrected chi connectivity index (χ4v) is 8.29. The molecular formula is C59H45N. The van der Waals surface area contributed by atoms with E-state index in [0.29, 0.717) is 0 Å². The van der Waals surface area contributed by atoms with Gasteiger partial charge in [0, 0.05) is 16.9 Å². The van der Waals surface area contributed by atoms with Gasteiger partial charge >= 0.3 is 0 Å². The maximum absolute atomic E-state index is 4.05. The van der Waals surface area contributed by atoms with Gasteiger partial charge in [-0.05, 0) is 127 Å². The number of para-hydroxylation sites is 1. The summed E-state index contributed by atoms with van der Waals surface area (Å²) >= 11 is 0. The minimum absolute atomic E-state index is 1.07. The fourth-order valence-electron chi connectivity index (χ4n) is 8.29. The second-order valence-corrected chi connectivity index (χ2v) is 14.9. The van der Waals surface area contributed by atoms with E-state index in [1.54, 1.807) is 0 Å². The maximum Gasteiger partial charge on any atom is 0.0540 e. The van der Waals surface area contributed by atoms with Crippen molar-refractivity contribution in [1.29, 1.82) is 0 Å². The topological polar surface area (TPSA) is 3.24 Å². The molecule has 286 valence electrons. The molecule has 9 aromatic rings. The van der Waals surface area contributed by atoms with Crippen molar-refractivity contribution < 1.29 is 0 Å². The van der Waals surface area contributed by atoms with Crippen LogP contribution in [0.25, 0.3) is 72.0 Å². The molecule has 0 saturated carbocycles. The number of allylic oxidation sites excluding steroid dienone is 5. The largest absolute Gasteiger partial charge is 0.310 e. The summed E-state index contributed by atoms with van der Waals surface area (Å²) in [6.07, 6.45) is 8.18. The van der Waals surface area contributed by atoms with Crippen molar-refractivity contribution in [3.8, 4) is 55.6 Å². The number of nitrogens with zero attached hydrogens (tertiary/aromatic N) is 1. The first kappa shape index (κ1) is 37.8. The summed E-state index contributed by atoms with van der Waals surface area (Å²) < 4.78 is 0. The summed E-state index contributed by atoms with van der Waals surface area (Å²) in [5.41, 5.74) is 17.4. The van der Waals surface area contributed by atoms with E-state index in [-0.39, 0.29) is 0 Å². The van der Waals surface area contributed by atoms with E-state index in [4.69, 9.17) is 0 Å². The lowest BCUT2D eigenvalue weighted by atomic mass is 9.89. The third-order valence-electron chi connectivity index (χ3n) is 11.1. The van der Waals surface area contributed by atoms with Gasteiger partial charge in [0.05, 0.1) is 5.69 Å². The van der Waals surface area contributed by atoms with Crippen LogP contribution < -0.4 is 4.90 Å². The molecule has 0 N–H and O–H groups in total. The summed E-state index contributed by atoms with van der Waals surface area (Å²) in [4.78, 5) is 2.37. The number of anilines is 3. The fraction of sp³-hybridized carbons (Fsp3) is 0.0169. The summed E-state index contributed by atoms with van der Waals surface area (Å²) in [5, 5.41) is 2.48. The summed E-state index contributed by atoms with van der Waals surface area (Å²) in [6, 6.07) is 78.8. The highest BCUT2D eigenvalue weighted by Gasteiger charge is 2.19. The molecule has 0 spiro atoms. The van der Waals surface area contributed by atoms with Crippen LogP contribution in [-0.4, -0.2) is 0 Å². The number of hydrogen-bond acceptors (Lipinski definition) is 1. The normalized spacial score (nSPS) is 11.5. The smallest absolute Gasteiger partial charge is 0.0540 e. The van der Waals surface area contributed by atoms with Gasteiger partial charge in [0.25, 0.3) is 0 Å². The molecule has 60 heavy (non-hydrogen) atoms. The van der Waals surface area contributed by atoms with Crippen molar-refractivity contribution in [3.05, 3.63) is 255 Å². The minimum Gasteiger partial charge on any atom is -0.310 e. The SMILES string of the molecule is C=C/C=C(\C=C/C)c1ccccc1N(c1ccc(-c2cc(-c3ccccc3)cc(-c3ccccc3)c2)cc1)c1ccc(-c2ccc3ccccc3c2-c2ccccc2)cc1. The standard InChI is InChI=1S/C59H45N/c1-3-18-46(19-4-2)55-27-16-17-29-58(55)60(54-37-32-48(33-38-54)57-39-34-47-24-14-15-28-56(47)59(57)49-25-12-7-13-26-49)53-35-30-45(31-36-53)52-41-50(43-20-8-5-9-21-43)40-51(42-52)44-22-10-6-11-23-44/h3-42H,1H2,2H3/b19-4-,46-18+. The number of benzene rings is 9. The lowest BCUT2D eigenvalue weighted by Gasteiger charge is -2.28. The molecule has 0 atom stereocenters. The average Bonchev–Trinajstić information content (AvgIpc) is 3.32. The van der Waals surface area contributed by atoms with Crippen LogP contribution in [0.1, 0.15) is 12.5 Å². The molecule has 9 aromatic carbocycles. The molecule has 0 unspecified atom stereocenters. The highest BCUT2D eigenvalue weighted by Crippen LogP contribution is 2.43. The quantitative estimate of drug-likeness (QED) is 0.119. The van der Waals surface area contributed by atoms with E-state index in [0.717, 1.165) is 33.8 Å². The van der Waals surface area contributed by atoms with Crippen LogP contribution in [-0.2, 0) is 0 Å². The Labute approximate surface area is 354 Å². The van der Waals surface area contributed by atoms with Crippen LogP contribution in [0.3, 0.4) is 0 Å². The second kappa shape index (κ2) is 17.4. The zero-order chi connectivity index (χ0) is 40.7. The summed E-state index contributed by atoms with van der Waals surface area (Å²) in [5.74, 6) is 0. The molecule has 0 bridgehead atoms. The van der Waals surface area contributed by atoms with Crippen molar-refractivity contribution >= 4 is 33.4 Å². The van der Waals surface area contributed by atoms with E-state index in [1.165, 1.54) is 60.8 Å². The molecule has 9 rings (SSSR count). The Morgan fingerprint density at radius 3 is 1.48 bits per heavy atom. The van der Waals surface area contributed by atoms with E-state index in [1.807, 2.05) is 6.08 Å². The molecule has 0 saturated heterocycles. The molecule has 0 aliphatic carbocycles. The Morgan fingerprint density at radius 2 is 0.917 bits per heavy atom. The first-order chi connectivity index (χ1) is 29.7. The zero-order valence-corrected chi connectivity index (χ0v) is 33.7.